The van der Waals surface area contributed by atoms with E-state index >= 15 is 0 Å². The molecule has 2 aromatic heterocycles. The summed E-state index contributed by atoms with van der Waals surface area (Å²) in [5.74, 6) is 0.657. The van der Waals surface area contributed by atoms with Gasteiger partial charge in [0.2, 0.25) is 0 Å². The highest BCUT2D eigenvalue weighted by Crippen LogP contribution is 2.53. The standard InChI is InChI=1S/C61H41N3/c1-5-20-41(21-6-1)46-36-47(42-22-7-2-8-23-42)38-48(37-46)58-50-30-13-14-31-51(50)59-54-34-17-18-35-57(54)64(60(59)53-33-16-15-32-52(53)58)49-29-19-28-45(39-49)56-40-55(43-24-9-3-10-25-43)62-61(63-56)44-26-11-4-12-27-44/h1-40,58H. The Labute approximate surface area is 373 Å². The molecule has 0 saturated heterocycles. The number of benzene rings is 9. The summed E-state index contributed by atoms with van der Waals surface area (Å²) in [6.07, 6.45) is 0. The van der Waals surface area contributed by atoms with Crippen molar-refractivity contribution in [2.24, 2.45) is 0 Å². The lowest BCUT2D eigenvalue weighted by Crippen LogP contribution is -2.06. The van der Waals surface area contributed by atoms with E-state index in [1.807, 2.05) is 24.3 Å². The first-order chi connectivity index (χ1) is 31.7. The van der Waals surface area contributed by atoms with Gasteiger partial charge in [-0.1, -0.05) is 212 Å². The summed E-state index contributed by atoms with van der Waals surface area (Å²) in [6, 6.07) is 87.4. The largest absolute Gasteiger partial charge is 0.309 e. The minimum atomic E-state index is -0.0432. The van der Waals surface area contributed by atoms with Crippen LogP contribution >= 0.6 is 0 Å². The topological polar surface area (TPSA) is 30.7 Å². The van der Waals surface area contributed by atoms with Gasteiger partial charge in [-0.3, -0.25) is 0 Å². The minimum Gasteiger partial charge on any atom is -0.309 e. The highest BCUT2D eigenvalue weighted by Gasteiger charge is 2.33. The minimum absolute atomic E-state index is 0.0432. The normalized spacial score (nSPS) is 12.8. The van der Waals surface area contributed by atoms with E-state index in [4.69, 9.17) is 9.97 Å². The van der Waals surface area contributed by atoms with Crippen molar-refractivity contribution in [1.29, 1.82) is 0 Å². The number of aromatic nitrogens is 3. The second kappa shape index (κ2) is 15.8. The van der Waals surface area contributed by atoms with Crippen LogP contribution in [-0.2, 0) is 0 Å². The molecule has 2 heterocycles. The van der Waals surface area contributed by atoms with Crippen molar-refractivity contribution in [3.63, 3.8) is 0 Å². The van der Waals surface area contributed by atoms with Crippen LogP contribution in [0.15, 0.2) is 243 Å². The maximum absolute atomic E-state index is 5.23. The van der Waals surface area contributed by atoms with Crippen LogP contribution < -0.4 is 0 Å². The number of rotatable bonds is 7. The van der Waals surface area contributed by atoms with E-state index in [-0.39, 0.29) is 5.92 Å². The summed E-state index contributed by atoms with van der Waals surface area (Å²) < 4.78 is 2.49. The predicted octanol–water partition coefficient (Wildman–Crippen LogP) is 15.6. The third kappa shape index (κ3) is 6.54. The van der Waals surface area contributed by atoms with Crippen LogP contribution in [0.1, 0.15) is 22.6 Å². The van der Waals surface area contributed by atoms with Crippen LogP contribution in [0.5, 0.6) is 0 Å². The molecule has 0 amide bonds. The highest BCUT2D eigenvalue weighted by molar-refractivity contribution is 6.08. The third-order valence-corrected chi connectivity index (χ3v) is 12.7. The first kappa shape index (κ1) is 37.4. The molecule has 300 valence electrons. The Balaban J connectivity index is 1.09. The Kier molecular flexibility index (Phi) is 9.23. The molecule has 0 spiro atoms. The molecule has 1 aliphatic rings. The summed E-state index contributed by atoms with van der Waals surface area (Å²) in [7, 11) is 0. The molecule has 11 aromatic rings. The van der Waals surface area contributed by atoms with Crippen LogP contribution in [0.25, 0.3) is 95.1 Å². The summed E-state index contributed by atoms with van der Waals surface area (Å²) in [5, 5.41) is 1.22. The fourth-order valence-electron chi connectivity index (χ4n) is 9.79. The number of nitrogens with zero attached hydrogens (tertiary/aromatic N) is 3. The summed E-state index contributed by atoms with van der Waals surface area (Å²) in [5.41, 5.74) is 20.6. The SMILES string of the molecule is c1ccc(-c2cc(-c3ccccc3)cc(C3c4ccccc4-c4c(n(-c5cccc(-c6cc(-c7ccccc7)nc(-c7ccccc7)n6)c5)c5ccccc45)-c4ccccc43)c2)cc1. The molecular formula is C61H41N3. The lowest BCUT2D eigenvalue weighted by molar-refractivity contribution is 0.985. The van der Waals surface area contributed by atoms with Gasteiger partial charge < -0.3 is 4.57 Å². The van der Waals surface area contributed by atoms with Gasteiger partial charge in [-0.05, 0) is 74.8 Å². The first-order valence-corrected chi connectivity index (χ1v) is 21.9. The van der Waals surface area contributed by atoms with Gasteiger partial charge in [0, 0.05) is 44.8 Å². The van der Waals surface area contributed by atoms with E-state index in [1.54, 1.807) is 0 Å². The molecule has 0 bridgehead atoms. The van der Waals surface area contributed by atoms with Gasteiger partial charge in [0.15, 0.2) is 5.82 Å². The monoisotopic (exact) mass is 815 g/mol. The maximum Gasteiger partial charge on any atom is 0.160 e. The quantitative estimate of drug-likeness (QED) is 0.160. The molecule has 0 radical (unpaired) electrons. The second-order valence-electron chi connectivity index (χ2n) is 16.5. The van der Waals surface area contributed by atoms with Crippen LogP contribution in [0.3, 0.4) is 0 Å². The van der Waals surface area contributed by atoms with Gasteiger partial charge in [-0.2, -0.15) is 0 Å². The van der Waals surface area contributed by atoms with Gasteiger partial charge in [-0.15, -0.1) is 0 Å². The van der Waals surface area contributed by atoms with Crippen LogP contribution in [0, 0.1) is 0 Å². The van der Waals surface area contributed by atoms with Gasteiger partial charge in [0.1, 0.15) is 0 Å². The van der Waals surface area contributed by atoms with Crippen LogP contribution in [0.4, 0.5) is 0 Å². The third-order valence-electron chi connectivity index (χ3n) is 12.7. The molecule has 0 fully saturated rings. The Morgan fingerprint density at radius 3 is 1.50 bits per heavy atom. The van der Waals surface area contributed by atoms with Crippen molar-refractivity contribution in [2.45, 2.75) is 5.92 Å². The molecule has 1 unspecified atom stereocenters. The zero-order valence-corrected chi connectivity index (χ0v) is 35.0. The Bertz CT molecular complexity index is 3370. The molecule has 1 atom stereocenters. The molecule has 1 aliphatic carbocycles. The lowest BCUT2D eigenvalue weighted by atomic mass is 9.80. The number of fused-ring (bicyclic) bond motifs is 7. The molecule has 0 saturated carbocycles. The Morgan fingerprint density at radius 1 is 0.344 bits per heavy atom. The highest BCUT2D eigenvalue weighted by atomic mass is 15.0. The van der Waals surface area contributed by atoms with Gasteiger partial charge in [0.25, 0.3) is 0 Å². The van der Waals surface area contributed by atoms with Gasteiger partial charge >= 0.3 is 0 Å². The molecule has 3 heteroatoms. The molecule has 0 aliphatic heterocycles. The molecule has 0 N–H and O–H groups in total. The van der Waals surface area contributed by atoms with E-state index in [2.05, 4.69) is 223 Å². The average Bonchev–Trinajstić information content (AvgIpc) is 3.66. The molecule has 3 nitrogen and oxygen atoms in total. The van der Waals surface area contributed by atoms with Crippen molar-refractivity contribution in [2.75, 3.05) is 0 Å². The van der Waals surface area contributed by atoms with Gasteiger partial charge in [-0.25, -0.2) is 9.97 Å². The van der Waals surface area contributed by atoms with E-state index in [0.717, 1.165) is 39.3 Å². The van der Waals surface area contributed by atoms with Gasteiger partial charge in [0.05, 0.1) is 22.6 Å². The summed E-state index contributed by atoms with van der Waals surface area (Å²) in [4.78, 5) is 10.3. The zero-order chi connectivity index (χ0) is 42.4. The molecule has 9 aromatic carbocycles. The van der Waals surface area contributed by atoms with E-state index < -0.39 is 0 Å². The van der Waals surface area contributed by atoms with Crippen LogP contribution in [0.2, 0.25) is 0 Å². The van der Waals surface area contributed by atoms with Crippen molar-refractivity contribution < 1.29 is 0 Å². The van der Waals surface area contributed by atoms with E-state index in [1.165, 1.54) is 66.7 Å². The van der Waals surface area contributed by atoms with Crippen molar-refractivity contribution in [3.05, 3.63) is 259 Å². The second-order valence-corrected chi connectivity index (χ2v) is 16.5. The zero-order valence-electron chi connectivity index (χ0n) is 35.0. The predicted molar refractivity (Wildman–Crippen MR) is 264 cm³/mol. The van der Waals surface area contributed by atoms with Crippen molar-refractivity contribution >= 4 is 10.9 Å². The van der Waals surface area contributed by atoms with Crippen molar-refractivity contribution in [1.82, 2.24) is 14.5 Å². The van der Waals surface area contributed by atoms with Crippen LogP contribution in [-0.4, -0.2) is 14.5 Å². The van der Waals surface area contributed by atoms with E-state index in [9.17, 15) is 0 Å². The smallest absolute Gasteiger partial charge is 0.160 e. The summed E-state index contributed by atoms with van der Waals surface area (Å²) >= 11 is 0. The molecule has 12 rings (SSSR count). The molecular weight excluding hydrogens is 775 g/mol. The Morgan fingerprint density at radius 2 is 0.844 bits per heavy atom. The summed E-state index contributed by atoms with van der Waals surface area (Å²) in [6.45, 7) is 0. The lowest BCUT2D eigenvalue weighted by Gasteiger charge is -2.23. The fourth-order valence-corrected chi connectivity index (χ4v) is 9.79. The fraction of sp³-hybridized carbons (Fsp3) is 0.0164. The van der Waals surface area contributed by atoms with E-state index in [0.29, 0.717) is 5.82 Å². The first-order valence-electron chi connectivity index (χ1n) is 21.9. The Hall–Kier alpha value is -8.40. The van der Waals surface area contributed by atoms with Crippen molar-refractivity contribution in [3.8, 4) is 84.2 Å². The average molecular weight is 816 g/mol. The number of hydrogen-bond donors (Lipinski definition) is 0. The number of hydrogen-bond acceptors (Lipinski definition) is 2. The number of para-hydroxylation sites is 1. The maximum atomic E-state index is 5.23. The molecule has 64 heavy (non-hydrogen) atoms.